The molecule has 78 valence electrons. The van der Waals surface area contributed by atoms with Gasteiger partial charge in [-0.15, -0.1) is 0 Å². The lowest BCUT2D eigenvalue weighted by Gasteiger charge is -2.21. The van der Waals surface area contributed by atoms with Gasteiger partial charge in [0.25, 0.3) is 0 Å². The predicted molar refractivity (Wildman–Crippen MR) is 51.5 cm³/mol. The molecule has 1 rings (SSSR count). The first kappa shape index (κ1) is 11.0. The Kier molecular flexibility index (Phi) is 3.09. The van der Waals surface area contributed by atoms with Crippen molar-refractivity contribution in [3.63, 3.8) is 0 Å². The highest BCUT2D eigenvalue weighted by molar-refractivity contribution is 5.84. The molecule has 1 heterocycles. The summed E-state index contributed by atoms with van der Waals surface area (Å²) in [5.41, 5.74) is -0.0609. The molecule has 0 amide bonds. The fourth-order valence-corrected chi connectivity index (χ4v) is 1.31. The van der Waals surface area contributed by atoms with E-state index in [0.717, 1.165) is 0 Å². The standard InChI is InChI=1S/C10H15NO3/c1-10(2,3)14-9(13)8-7(6-12)4-5-11-8/h8,11H,4-5H2,1-3H3/t8-/m0/s1. The molecule has 1 fully saturated rings. The Morgan fingerprint density at radius 3 is 2.71 bits per heavy atom. The fourth-order valence-electron chi connectivity index (χ4n) is 1.31. The van der Waals surface area contributed by atoms with Crippen molar-refractivity contribution >= 4 is 11.9 Å². The molecule has 4 nitrogen and oxygen atoms in total. The molecule has 1 saturated heterocycles. The van der Waals surface area contributed by atoms with Gasteiger partial charge in [-0.1, -0.05) is 0 Å². The van der Waals surface area contributed by atoms with Gasteiger partial charge in [0.15, 0.2) is 0 Å². The zero-order chi connectivity index (χ0) is 10.8. The van der Waals surface area contributed by atoms with Gasteiger partial charge in [-0.2, -0.15) is 0 Å². The van der Waals surface area contributed by atoms with E-state index in [-0.39, 0.29) is 0 Å². The van der Waals surface area contributed by atoms with E-state index in [0.29, 0.717) is 18.5 Å². The molecule has 0 radical (unpaired) electrons. The fraction of sp³-hybridized carbons (Fsp3) is 0.700. The molecule has 0 aromatic rings. The van der Waals surface area contributed by atoms with E-state index in [2.05, 4.69) is 5.32 Å². The molecule has 1 atom stereocenters. The van der Waals surface area contributed by atoms with Crippen LogP contribution in [-0.2, 0) is 14.3 Å². The van der Waals surface area contributed by atoms with E-state index in [1.54, 1.807) is 26.7 Å². The molecule has 4 heteroatoms. The normalized spacial score (nSPS) is 21.9. The highest BCUT2D eigenvalue weighted by Gasteiger charge is 2.32. The van der Waals surface area contributed by atoms with E-state index in [4.69, 9.17) is 4.74 Å². The summed E-state index contributed by atoms with van der Waals surface area (Å²) in [6.45, 7) is 6.02. The van der Waals surface area contributed by atoms with E-state index in [9.17, 15) is 9.59 Å². The van der Waals surface area contributed by atoms with Crippen LogP contribution in [0.15, 0.2) is 5.57 Å². The first-order valence-corrected chi connectivity index (χ1v) is 4.64. The molecule has 0 saturated carbocycles. The van der Waals surface area contributed by atoms with E-state index < -0.39 is 17.6 Å². The van der Waals surface area contributed by atoms with Crippen LogP contribution >= 0.6 is 0 Å². The highest BCUT2D eigenvalue weighted by Crippen LogP contribution is 2.16. The average molecular weight is 197 g/mol. The minimum absolute atomic E-state index is 0.395. The monoisotopic (exact) mass is 197 g/mol. The van der Waals surface area contributed by atoms with Crippen molar-refractivity contribution in [2.45, 2.75) is 38.8 Å². The van der Waals surface area contributed by atoms with Gasteiger partial charge in [0.1, 0.15) is 17.6 Å². The summed E-state index contributed by atoms with van der Waals surface area (Å²) in [5.74, 6) is 1.39. The number of rotatable bonds is 1. The molecule has 1 N–H and O–H groups in total. The third kappa shape index (κ3) is 2.69. The van der Waals surface area contributed by atoms with Crippen LogP contribution in [0.3, 0.4) is 0 Å². The lowest BCUT2D eigenvalue weighted by molar-refractivity contribution is -0.155. The van der Waals surface area contributed by atoms with Crippen LogP contribution in [0.1, 0.15) is 27.2 Å². The number of ether oxygens (including phenoxy) is 1. The van der Waals surface area contributed by atoms with Gasteiger partial charge in [0.05, 0.1) is 0 Å². The number of carbonyl (C=O) groups is 1. The second-order valence-electron chi connectivity index (χ2n) is 4.30. The SMILES string of the molecule is CC(C)(C)OC(=O)[C@H]1NCCC1=C=O. The Bertz CT molecular complexity index is 284. The maximum absolute atomic E-state index is 11.5. The summed E-state index contributed by atoms with van der Waals surface area (Å²) in [7, 11) is 0. The minimum Gasteiger partial charge on any atom is -0.459 e. The second kappa shape index (κ2) is 3.95. The van der Waals surface area contributed by atoms with Crippen LogP contribution in [0.5, 0.6) is 0 Å². The first-order chi connectivity index (χ1) is 6.44. The van der Waals surface area contributed by atoms with Gasteiger partial charge in [0, 0.05) is 12.1 Å². The van der Waals surface area contributed by atoms with Crippen molar-refractivity contribution in [1.29, 1.82) is 0 Å². The van der Waals surface area contributed by atoms with Crippen molar-refractivity contribution in [1.82, 2.24) is 5.32 Å². The van der Waals surface area contributed by atoms with Gasteiger partial charge >= 0.3 is 5.97 Å². The molecule has 14 heavy (non-hydrogen) atoms. The number of esters is 1. The summed E-state index contributed by atoms with van der Waals surface area (Å²) in [4.78, 5) is 22.0. The lowest BCUT2D eigenvalue weighted by Crippen LogP contribution is -2.38. The summed E-state index contributed by atoms with van der Waals surface area (Å²) in [6, 6.07) is -0.591. The van der Waals surface area contributed by atoms with Crippen LogP contribution in [0.2, 0.25) is 0 Å². The number of hydrogen-bond donors (Lipinski definition) is 1. The largest absolute Gasteiger partial charge is 0.459 e. The van der Waals surface area contributed by atoms with E-state index in [1.807, 2.05) is 0 Å². The Morgan fingerprint density at radius 2 is 2.21 bits per heavy atom. The Labute approximate surface area is 83.3 Å². The molecule has 0 aromatic carbocycles. The Morgan fingerprint density at radius 1 is 1.57 bits per heavy atom. The molecule has 0 aliphatic carbocycles. The molecule has 0 bridgehead atoms. The van der Waals surface area contributed by atoms with E-state index in [1.165, 1.54) is 0 Å². The van der Waals surface area contributed by atoms with Gasteiger partial charge in [0.2, 0.25) is 0 Å². The topological polar surface area (TPSA) is 55.4 Å². The lowest BCUT2D eigenvalue weighted by atomic mass is 10.1. The number of hydrogen-bond acceptors (Lipinski definition) is 4. The van der Waals surface area contributed by atoms with Gasteiger partial charge in [-0.25, -0.2) is 9.59 Å². The zero-order valence-corrected chi connectivity index (χ0v) is 8.72. The van der Waals surface area contributed by atoms with Gasteiger partial charge in [-0.05, 0) is 27.2 Å². The summed E-state index contributed by atoms with van der Waals surface area (Å²) >= 11 is 0. The van der Waals surface area contributed by atoms with Crippen LogP contribution in [0.25, 0.3) is 0 Å². The van der Waals surface area contributed by atoms with Gasteiger partial charge < -0.3 is 10.1 Å². The van der Waals surface area contributed by atoms with Crippen molar-refractivity contribution in [3.05, 3.63) is 5.57 Å². The number of carbonyl (C=O) groups excluding carboxylic acids is 2. The van der Waals surface area contributed by atoms with Crippen molar-refractivity contribution in [2.75, 3.05) is 6.54 Å². The third-order valence-corrected chi connectivity index (χ3v) is 1.86. The van der Waals surface area contributed by atoms with Crippen molar-refractivity contribution < 1.29 is 14.3 Å². The summed E-state index contributed by atoms with van der Waals surface area (Å²) < 4.78 is 5.15. The van der Waals surface area contributed by atoms with E-state index >= 15 is 0 Å². The van der Waals surface area contributed by atoms with Crippen molar-refractivity contribution in [2.24, 2.45) is 0 Å². The van der Waals surface area contributed by atoms with Crippen LogP contribution in [-0.4, -0.2) is 30.1 Å². The predicted octanol–water partition coefficient (Wildman–Crippen LogP) is 0.448. The zero-order valence-electron chi connectivity index (χ0n) is 8.72. The average Bonchev–Trinajstić information content (AvgIpc) is 2.47. The molecule has 1 aliphatic rings. The molecule has 1 aliphatic heterocycles. The Hall–Kier alpha value is -1.12. The van der Waals surface area contributed by atoms with Gasteiger partial charge in [-0.3, -0.25) is 0 Å². The number of nitrogens with one attached hydrogen (secondary N) is 1. The molecular formula is C10H15NO3. The molecule has 0 aromatic heterocycles. The second-order valence-corrected chi connectivity index (χ2v) is 4.30. The minimum atomic E-state index is -0.591. The van der Waals surface area contributed by atoms with Crippen molar-refractivity contribution in [3.8, 4) is 0 Å². The maximum Gasteiger partial charge on any atom is 0.328 e. The quantitative estimate of drug-likeness (QED) is 0.490. The maximum atomic E-state index is 11.5. The third-order valence-electron chi connectivity index (χ3n) is 1.86. The van der Waals surface area contributed by atoms with Crippen LogP contribution in [0, 0.1) is 0 Å². The molecular weight excluding hydrogens is 182 g/mol. The summed E-state index contributed by atoms with van der Waals surface area (Å²) in [6.07, 6.45) is 0.577. The van der Waals surface area contributed by atoms with Crippen LogP contribution in [0.4, 0.5) is 0 Å². The first-order valence-electron chi connectivity index (χ1n) is 4.64. The molecule has 0 spiro atoms. The van der Waals surface area contributed by atoms with Crippen LogP contribution < -0.4 is 5.32 Å². The molecule has 0 unspecified atom stereocenters. The summed E-state index contributed by atoms with van der Waals surface area (Å²) in [5, 5.41) is 2.91. The Balaban J connectivity index is 2.66. The highest BCUT2D eigenvalue weighted by atomic mass is 16.6. The smallest absolute Gasteiger partial charge is 0.328 e.